The zero-order valence-electron chi connectivity index (χ0n) is 14.7. The molecule has 4 unspecified atom stereocenters. The third kappa shape index (κ3) is 3.58. The standard InChI is InChI=1S/C19H24N2O5/c1-11(17(22)8-9-18(23)24)20-14-6-7-16-13(14)10-12-4-2-3-5-15(12)21(16)19(25)26/h2-5,11,13-14,16,20H,6-10H2,1H3,(H,23,24)(H,25,26). The SMILES string of the molecule is CC(NC1CCC2C1Cc1ccccc1N2C(=O)O)C(=O)CCC(=O)O. The number of fused-ring (bicyclic) bond motifs is 2. The summed E-state index contributed by atoms with van der Waals surface area (Å²) in [5.74, 6) is -0.995. The van der Waals surface area contributed by atoms with Gasteiger partial charge in [0, 0.05) is 18.5 Å². The minimum absolute atomic E-state index is 0.00833. The van der Waals surface area contributed by atoms with Crippen LogP contribution in [0.3, 0.4) is 0 Å². The van der Waals surface area contributed by atoms with E-state index in [1.807, 2.05) is 24.3 Å². The number of para-hydroxylation sites is 1. The van der Waals surface area contributed by atoms with Crippen LogP contribution in [0, 0.1) is 5.92 Å². The van der Waals surface area contributed by atoms with Crippen LogP contribution in [0.4, 0.5) is 10.5 Å². The monoisotopic (exact) mass is 360 g/mol. The van der Waals surface area contributed by atoms with E-state index in [-0.39, 0.29) is 36.6 Å². The van der Waals surface area contributed by atoms with Gasteiger partial charge < -0.3 is 15.5 Å². The van der Waals surface area contributed by atoms with Crippen molar-refractivity contribution in [1.29, 1.82) is 0 Å². The van der Waals surface area contributed by atoms with Crippen molar-refractivity contribution in [3.63, 3.8) is 0 Å². The first kappa shape index (κ1) is 18.4. The van der Waals surface area contributed by atoms with Gasteiger partial charge in [-0.25, -0.2) is 4.79 Å². The number of ketones is 1. The van der Waals surface area contributed by atoms with E-state index >= 15 is 0 Å². The summed E-state index contributed by atoms with van der Waals surface area (Å²) in [5, 5.41) is 21.8. The Hall–Kier alpha value is -2.41. The smallest absolute Gasteiger partial charge is 0.412 e. The number of anilines is 1. The van der Waals surface area contributed by atoms with Crippen LogP contribution in [0.2, 0.25) is 0 Å². The first-order chi connectivity index (χ1) is 12.4. The molecular formula is C19H24N2O5. The van der Waals surface area contributed by atoms with Crippen molar-refractivity contribution in [3.05, 3.63) is 29.8 Å². The number of amides is 1. The number of carboxylic acids is 1. The molecule has 1 amide bonds. The topological polar surface area (TPSA) is 107 Å². The Morgan fingerprint density at radius 2 is 1.92 bits per heavy atom. The number of rotatable bonds is 6. The van der Waals surface area contributed by atoms with E-state index in [9.17, 15) is 19.5 Å². The van der Waals surface area contributed by atoms with Gasteiger partial charge >= 0.3 is 12.1 Å². The number of carboxylic acid groups (broad SMARTS) is 2. The third-order valence-corrected chi connectivity index (χ3v) is 5.56. The van der Waals surface area contributed by atoms with Gasteiger partial charge in [-0.2, -0.15) is 0 Å². The van der Waals surface area contributed by atoms with Crippen LogP contribution in [0.1, 0.15) is 38.2 Å². The van der Waals surface area contributed by atoms with Gasteiger partial charge in [0.15, 0.2) is 0 Å². The number of Topliss-reactive ketones (excluding diaryl/α,β-unsaturated/α-hetero) is 1. The van der Waals surface area contributed by atoms with Crippen molar-refractivity contribution < 1.29 is 24.6 Å². The summed E-state index contributed by atoms with van der Waals surface area (Å²) in [4.78, 5) is 36.1. The maximum absolute atomic E-state index is 12.1. The number of hydrogen-bond donors (Lipinski definition) is 3. The molecule has 7 nitrogen and oxygen atoms in total. The second-order valence-corrected chi connectivity index (χ2v) is 7.15. The van der Waals surface area contributed by atoms with Gasteiger partial charge in [0.2, 0.25) is 0 Å². The van der Waals surface area contributed by atoms with Crippen LogP contribution in [0.25, 0.3) is 0 Å². The highest BCUT2D eigenvalue weighted by molar-refractivity contribution is 5.89. The van der Waals surface area contributed by atoms with Crippen molar-refractivity contribution in [3.8, 4) is 0 Å². The molecular weight excluding hydrogens is 336 g/mol. The van der Waals surface area contributed by atoms with Crippen molar-refractivity contribution >= 4 is 23.5 Å². The highest BCUT2D eigenvalue weighted by Gasteiger charge is 2.45. The molecule has 2 aliphatic rings. The van der Waals surface area contributed by atoms with E-state index in [2.05, 4.69) is 5.32 Å². The Morgan fingerprint density at radius 1 is 1.19 bits per heavy atom. The molecule has 1 heterocycles. The molecule has 0 saturated heterocycles. The van der Waals surface area contributed by atoms with Gasteiger partial charge in [-0.05, 0) is 43.7 Å². The van der Waals surface area contributed by atoms with Crippen LogP contribution in [0.5, 0.6) is 0 Å². The Morgan fingerprint density at radius 3 is 2.62 bits per heavy atom. The summed E-state index contributed by atoms with van der Waals surface area (Å²) in [6.45, 7) is 1.75. The highest BCUT2D eigenvalue weighted by Crippen LogP contribution is 2.42. The van der Waals surface area contributed by atoms with Crippen molar-refractivity contribution in [2.45, 2.75) is 57.2 Å². The molecule has 3 N–H and O–H groups in total. The minimum Gasteiger partial charge on any atom is -0.481 e. The minimum atomic E-state index is -0.979. The predicted molar refractivity (Wildman–Crippen MR) is 95.4 cm³/mol. The zero-order valence-corrected chi connectivity index (χ0v) is 14.7. The summed E-state index contributed by atoms with van der Waals surface area (Å²) in [6, 6.07) is 7.07. The van der Waals surface area contributed by atoms with Gasteiger partial charge in [0.25, 0.3) is 0 Å². The van der Waals surface area contributed by atoms with Crippen LogP contribution in [0.15, 0.2) is 24.3 Å². The lowest BCUT2D eigenvalue weighted by atomic mass is 9.85. The summed E-state index contributed by atoms with van der Waals surface area (Å²) >= 11 is 0. The Balaban J connectivity index is 1.73. The normalized spacial score (nSPS) is 25.3. The molecule has 1 fully saturated rings. The van der Waals surface area contributed by atoms with Crippen LogP contribution in [-0.4, -0.2) is 46.2 Å². The summed E-state index contributed by atoms with van der Waals surface area (Å²) in [5.41, 5.74) is 1.77. The molecule has 1 aromatic rings. The quantitative estimate of drug-likeness (QED) is 0.718. The van der Waals surface area contributed by atoms with Crippen molar-refractivity contribution in [2.75, 3.05) is 4.90 Å². The number of carbonyl (C=O) groups is 3. The van der Waals surface area contributed by atoms with E-state index in [0.717, 1.165) is 30.5 Å². The number of nitrogens with one attached hydrogen (secondary N) is 1. The molecule has 140 valence electrons. The lowest BCUT2D eigenvalue weighted by Crippen LogP contribution is -2.51. The predicted octanol–water partition coefficient (Wildman–Crippen LogP) is 2.29. The van der Waals surface area contributed by atoms with E-state index in [1.54, 1.807) is 6.92 Å². The van der Waals surface area contributed by atoms with Crippen LogP contribution in [-0.2, 0) is 16.0 Å². The molecule has 1 aliphatic carbocycles. The second-order valence-electron chi connectivity index (χ2n) is 7.15. The van der Waals surface area contributed by atoms with Crippen LogP contribution >= 0.6 is 0 Å². The zero-order chi connectivity index (χ0) is 18.8. The van der Waals surface area contributed by atoms with E-state index in [0.29, 0.717) is 0 Å². The van der Waals surface area contributed by atoms with Crippen LogP contribution < -0.4 is 10.2 Å². The maximum Gasteiger partial charge on any atom is 0.412 e. The van der Waals surface area contributed by atoms with Crippen molar-refractivity contribution in [2.24, 2.45) is 5.92 Å². The summed E-state index contributed by atoms with van der Waals surface area (Å²) in [6.07, 6.45) is 1.22. The molecule has 0 bridgehead atoms. The first-order valence-electron chi connectivity index (χ1n) is 8.99. The fourth-order valence-electron chi connectivity index (χ4n) is 4.31. The second kappa shape index (κ2) is 7.45. The highest BCUT2D eigenvalue weighted by atomic mass is 16.4. The molecule has 4 atom stereocenters. The van der Waals surface area contributed by atoms with E-state index in [1.165, 1.54) is 4.90 Å². The van der Waals surface area contributed by atoms with E-state index in [4.69, 9.17) is 5.11 Å². The number of hydrogen-bond acceptors (Lipinski definition) is 4. The average Bonchev–Trinajstić information content (AvgIpc) is 2.99. The largest absolute Gasteiger partial charge is 0.481 e. The van der Waals surface area contributed by atoms with E-state index < -0.39 is 18.1 Å². The number of carbonyl (C=O) groups excluding carboxylic acids is 1. The molecule has 0 spiro atoms. The average molecular weight is 360 g/mol. The molecule has 7 heteroatoms. The van der Waals surface area contributed by atoms with Crippen molar-refractivity contribution in [1.82, 2.24) is 5.32 Å². The Labute approximate surface area is 152 Å². The summed E-state index contributed by atoms with van der Waals surface area (Å²) in [7, 11) is 0. The lowest BCUT2D eigenvalue weighted by molar-refractivity contribution is -0.138. The summed E-state index contributed by atoms with van der Waals surface area (Å²) < 4.78 is 0. The maximum atomic E-state index is 12.1. The van der Waals surface area contributed by atoms with Gasteiger partial charge in [-0.3, -0.25) is 14.5 Å². The number of aliphatic carboxylic acids is 1. The van der Waals surface area contributed by atoms with Gasteiger partial charge in [0.1, 0.15) is 5.78 Å². The van der Waals surface area contributed by atoms with Gasteiger partial charge in [0.05, 0.1) is 18.2 Å². The van der Waals surface area contributed by atoms with Gasteiger partial charge in [-0.1, -0.05) is 18.2 Å². The molecule has 3 rings (SSSR count). The lowest BCUT2D eigenvalue weighted by Gasteiger charge is -2.39. The number of benzene rings is 1. The fraction of sp³-hybridized carbons (Fsp3) is 0.526. The Kier molecular flexibility index (Phi) is 5.27. The molecule has 0 aromatic heterocycles. The molecule has 1 aromatic carbocycles. The Bertz CT molecular complexity index is 720. The number of nitrogens with zero attached hydrogens (tertiary/aromatic N) is 1. The van der Waals surface area contributed by atoms with Gasteiger partial charge in [-0.15, -0.1) is 0 Å². The molecule has 0 radical (unpaired) electrons. The molecule has 1 aliphatic heterocycles. The third-order valence-electron chi connectivity index (χ3n) is 5.56. The molecule has 1 saturated carbocycles. The first-order valence-corrected chi connectivity index (χ1v) is 8.99. The molecule has 26 heavy (non-hydrogen) atoms. The fourth-order valence-corrected chi connectivity index (χ4v) is 4.31.